The highest BCUT2D eigenvalue weighted by Crippen LogP contribution is 2.33. The third-order valence-corrected chi connectivity index (χ3v) is 4.08. The van der Waals surface area contributed by atoms with Gasteiger partial charge < -0.3 is 19.4 Å². The molecule has 0 atom stereocenters. The number of ether oxygens (including phenoxy) is 1. The minimum atomic E-state index is -0.780. The molecule has 0 aliphatic rings. The summed E-state index contributed by atoms with van der Waals surface area (Å²) in [5.74, 6) is -1.73. The topological polar surface area (TPSA) is 97.0 Å². The fraction of sp³-hybridized carbons (Fsp3) is 0.125. The summed E-state index contributed by atoms with van der Waals surface area (Å²) >= 11 is 1.26. The second-order valence-corrected chi connectivity index (χ2v) is 5.62. The van der Waals surface area contributed by atoms with Crippen molar-refractivity contribution in [1.29, 1.82) is 0 Å². The van der Waals surface area contributed by atoms with Gasteiger partial charge in [0.25, 0.3) is 0 Å². The molecular weight excluding hydrogens is 320 g/mol. The molecule has 6 nitrogen and oxygen atoms in total. The van der Waals surface area contributed by atoms with E-state index in [0.717, 1.165) is 12.1 Å². The summed E-state index contributed by atoms with van der Waals surface area (Å²) in [7, 11) is 0. The van der Waals surface area contributed by atoms with Crippen LogP contribution in [0.4, 0.5) is 0 Å². The molecule has 0 spiro atoms. The van der Waals surface area contributed by atoms with Gasteiger partial charge in [0.05, 0.1) is 12.2 Å². The van der Waals surface area contributed by atoms with Gasteiger partial charge in [0.2, 0.25) is 11.2 Å². The Bertz CT molecular complexity index is 939. The average molecular weight is 332 g/mol. The molecule has 0 fully saturated rings. The number of esters is 1. The van der Waals surface area contributed by atoms with Crippen LogP contribution in [0.3, 0.4) is 0 Å². The molecular formula is C16H12O6S. The summed E-state index contributed by atoms with van der Waals surface area (Å²) in [6, 6.07) is 5.61. The first-order valence-electron chi connectivity index (χ1n) is 6.76. The summed E-state index contributed by atoms with van der Waals surface area (Å²) in [5.41, 5.74) is -0.614. The summed E-state index contributed by atoms with van der Waals surface area (Å²) in [4.78, 5) is 25.5. The zero-order valence-electron chi connectivity index (χ0n) is 12.0. The average Bonchev–Trinajstić information content (AvgIpc) is 3.00. The maximum Gasteiger partial charge on any atom is 0.375 e. The van der Waals surface area contributed by atoms with Gasteiger partial charge in [-0.25, -0.2) is 4.79 Å². The molecule has 0 aliphatic heterocycles. The van der Waals surface area contributed by atoms with Gasteiger partial charge in [-0.05, 0) is 18.4 Å². The number of benzene rings is 1. The molecule has 7 heteroatoms. The Balaban J connectivity index is 2.42. The van der Waals surface area contributed by atoms with Crippen molar-refractivity contribution in [2.75, 3.05) is 6.61 Å². The Hall–Kier alpha value is -2.80. The monoisotopic (exact) mass is 332 g/mol. The highest BCUT2D eigenvalue weighted by Gasteiger charge is 2.25. The minimum Gasteiger partial charge on any atom is -0.508 e. The molecule has 0 radical (unpaired) electrons. The van der Waals surface area contributed by atoms with Gasteiger partial charge in [-0.3, -0.25) is 4.79 Å². The van der Waals surface area contributed by atoms with Crippen molar-refractivity contribution < 1.29 is 24.2 Å². The first kappa shape index (κ1) is 15.1. The molecule has 23 heavy (non-hydrogen) atoms. The van der Waals surface area contributed by atoms with Crippen LogP contribution in [0, 0.1) is 0 Å². The first-order valence-corrected chi connectivity index (χ1v) is 7.64. The lowest BCUT2D eigenvalue weighted by molar-refractivity contribution is 0.0492. The largest absolute Gasteiger partial charge is 0.508 e. The molecule has 0 saturated heterocycles. The fourth-order valence-corrected chi connectivity index (χ4v) is 3.03. The number of carbonyl (C=O) groups excluding carboxylic acids is 1. The van der Waals surface area contributed by atoms with Crippen LogP contribution in [-0.2, 0) is 4.74 Å². The van der Waals surface area contributed by atoms with Crippen LogP contribution < -0.4 is 5.43 Å². The van der Waals surface area contributed by atoms with Gasteiger partial charge in [-0.2, -0.15) is 0 Å². The van der Waals surface area contributed by atoms with Crippen LogP contribution in [0.25, 0.3) is 21.4 Å². The van der Waals surface area contributed by atoms with Gasteiger partial charge in [-0.1, -0.05) is 6.07 Å². The maximum atomic E-state index is 12.8. The Kier molecular flexibility index (Phi) is 3.79. The van der Waals surface area contributed by atoms with E-state index in [1.54, 1.807) is 24.4 Å². The summed E-state index contributed by atoms with van der Waals surface area (Å²) in [5, 5.41) is 21.2. The number of hydrogen-bond donors (Lipinski definition) is 2. The van der Waals surface area contributed by atoms with Crippen LogP contribution in [-0.4, -0.2) is 22.8 Å². The Morgan fingerprint density at radius 3 is 2.78 bits per heavy atom. The number of rotatable bonds is 3. The molecule has 2 N–H and O–H groups in total. The Morgan fingerprint density at radius 1 is 1.35 bits per heavy atom. The predicted octanol–water partition coefficient (Wildman–Crippen LogP) is 3.11. The third kappa shape index (κ3) is 2.55. The van der Waals surface area contributed by atoms with Crippen molar-refractivity contribution in [2.24, 2.45) is 0 Å². The van der Waals surface area contributed by atoms with Gasteiger partial charge >= 0.3 is 5.97 Å². The van der Waals surface area contributed by atoms with Crippen LogP contribution in [0.2, 0.25) is 0 Å². The van der Waals surface area contributed by atoms with E-state index in [4.69, 9.17) is 9.15 Å². The van der Waals surface area contributed by atoms with Crippen LogP contribution >= 0.6 is 11.3 Å². The zero-order chi connectivity index (χ0) is 16.6. The number of hydrogen-bond acceptors (Lipinski definition) is 7. The van der Waals surface area contributed by atoms with E-state index in [2.05, 4.69) is 0 Å². The van der Waals surface area contributed by atoms with E-state index in [0.29, 0.717) is 4.88 Å². The lowest BCUT2D eigenvalue weighted by Crippen LogP contribution is -2.14. The van der Waals surface area contributed by atoms with Crippen molar-refractivity contribution in [3.05, 3.63) is 45.6 Å². The second kappa shape index (κ2) is 5.77. The fourth-order valence-electron chi connectivity index (χ4n) is 2.27. The van der Waals surface area contributed by atoms with Gasteiger partial charge in [0, 0.05) is 17.0 Å². The molecule has 3 rings (SSSR count). The van der Waals surface area contributed by atoms with E-state index in [1.165, 1.54) is 11.3 Å². The van der Waals surface area contributed by atoms with Crippen molar-refractivity contribution >= 4 is 28.3 Å². The van der Waals surface area contributed by atoms with Crippen LogP contribution in [0.15, 0.2) is 38.9 Å². The van der Waals surface area contributed by atoms with Gasteiger partial charge in [-0.15, -0.1) is 11.3 Å². The van der Waals surface area contributed by atoms with E-state index < -0.39 is 17.1 Å². The molecule has 3 aromatic rings. The molecule has 2 aromatic heterocycles. The number of thiophene rings is 1. The molecule has 0 unspecified atom stereocenters. The lowest BCUT2D eigenvalue weighted by atomic mass is 10.1. The SMILES string of the molecule is CCOC(=O)c1oc2cc(O)cc(O)c2c(=O)c1-c1cccs1. The molecule has 1 aromatic carbocycles. The lowest BCUT2D eigenvalue weighted by Gasteiger charge is -2.09. The van der Waals surface area contributed by atoms with Crippen molar-refractivity contribution in [2.45, 2.75) is 6.92 Å². The zero-order valence-corrected chi connectivity index (χ0v) is 12.8. The summed E-state index contributed by atoms with van der Waals surface area (Å²) < 4.78 is 10.4. The smallest absolute Gasteiger partial charge is 0.375 e. The van der Waals surface area contributed by atoms with E-state index in [9.17, 15) is 19.8 Å². The predicted molar refractivity (Wildman–Crippen MR) is 85.1 cm³/mol. The number of phenolic OH excluding ortho intramolecular Hbond substituents is 2. The highest BCUT2D eigenvalue weighted by molar-refractivity contribution is 7.13. The molecule has 2 heterocycles. The number of phenols is 2. The number of aromatic hydroxyl groups is 2. The van der Waals surface area contributed by atoms with Gasteiger partial charge in [0.1, 0.15) is 22.5 Å². The summed E-state index contributed by atoms with van der Waals surface area (Å²) in [6.07, 6.45) is 0. The van der Waals surface area contributed by atoms with Crippen molar-refractivity contribution in [3.8, 4) is 21.9 Å². The maximum absolute atomic E-state index is 12.8. The van der Waals surface area contributed by atoms with E-state index in [-0.39, 0.29) is 34.6 Å². The molecule has 0 saturated carbocycles. The number of fused-ring (bicyclic) bond motifs is 1. The normalized spacial score (nSPS) is 10.8. The van der Waals surface area contributed by atoms with Crippen molar-refractivity contribution in [3.63, 3.8) is 0 Å². The first-order chi connectivity index (χ1) is 11.0. The molecule has 0 amide bonds. The highest BCUT2D eigenvalue weighted by atomic mass is 32.1. The third-order valence-electron chi connectivity index (χ3n) is 3.19. The quantitative estimate of drug-likeness (QED) is 0.715. The van der Waals surface area contributed by atoms with Gasteiger partial charge in [0.15, 0.2) is 0 Å². The van der Waals surface area contributed by atoms with Crippen LogP contribution in [0.5, 0.6) is 11.5 Å². The van der Waals surface area contributed by atoms with Crippen molar-refractivity contribution in [1.82, 2.24) is 0 Å². The Morgan fingerprint density at radius 2 is 2.13 bits per heavy atom. The van der Waals surface area contributed by atoms with Crippen LogP contribution in [0.1, 0.15) is 17.5 Å². The molecule has 118 valence electrons. The molecule has 0 aliphatic carbocycles. The Labute approximate surface area is 134 Å². The summed E-state index contributed by atoms with van der Waals surface area (Å²) in [6.45, 7) is 1.76. The number of carbonyl (C=O) groups is 1. The standard InChI is InChI=1S/C16H12O6S/c1-2-21-16(20)15-13(11-4-3-5-23-11)14(19)12-9(18)6-8(17)7-10(12)22-15/h3-7,17-18H,2H2,1H3. The van der Waals surface area contributed by atoms with E-state index >= 15 is 0 Å². The second-order valence-electron chi connectivity index (χ2n) is 4.67. The molecule has 0 bridgehead atoms. The van der Waals surface area contributed by atoms with E-state index in [1.807, 2.05) is 0 Å². The minimum absolute atomic E-state index is 0.0342.